The maximum atomic E-state index is 12.1. The molecule has 2 bridgehead atoms. The molecule has 6 heteroatoms. The summed E-state index contributed by atoms with van der Waals surface area (Å²) in [5.74, 6) is 2.73. The third-order valence-corrected chi connectivity index (χ3v) is 6.25. The summed E-state index contributed by atoms with van der Waals surface area (Å²) in [5.41, 5.74) is 0.0729. The van der Waals surface area contributed by atoms with Crippen LogP contribution in [0.3, 0.4) is 0 Å². The zero-order valence-corrected chi connectivity index (χ0v) is 14.1. The molecule has 1 amide bonds. The van der Waals surface area contributed by atoms with E-state index in [0.717, 1.165) is 16.7 Å². The lowest BCUT2D eigenvalue weighted by atomic mass is 9.84. The first-order valence-electron chi connectivity index (χ1n) is 8.19. The van der Waals surface area contributed by atoms with Gasteiger partial charge in [0.05, 0.1) is 10.7 Å². The fraction of sp³-hybridized carbons (Fsp3) is 0.588. The third-order valence-electron chi connectivity index (χ3n) is 5.24. The molecule has 124 valence electrons. The van der Waals surface area contributed by atoms with E-state index in [-0.39, 0.29) is 17.6 Å². The predicted molar refractivity (Wildman–Crippen MR) is 90.4 cm³/mol. The molecule has 2 fully saturated rings. The monoisotopic (exact) mass is 334 g/mol. The van der Waals surface area contributed by atoms with E-state index in [1.54, 1.807) is 12.1 Å². The van der Waals surface area contributed by atoms with Crippen molar-refractivity contribution in [3.05, 3.63) is 34.4 Å². The number of nitrogens with zero attached hydrogens (tertiary/aromatic N) is 1. The summed E-state index contributed by atoms with van der Waals surface area (Å²) in [6.45, 7) is 2.12. The van der Waals surface area contributed by atoms with Gasteiger partial charge in [-0.1, -0.05) is 6.42 Å². The van der Waals surface area contributed by atoms with Crippen LogP contribution in [0.2, 0.25) is 0 Å². The van der Waals surface area contributed by atoms with Crippen LogP contribution in [0, 0.1) is 27.9 Å². The average molecular weight is 334 g/mol. The van der Waals surface area contributed by atoms with E-state index in [2.05, 4.69) is 12.2 Å². The Morgan fingerprint density at radius 1 is 1.35 bits per heavy atom. The van der Waals surface area contributed by atoms with E-state index in [9.17, 15) is 14.9 Å². The number of nitro benzene ring substituents is 1. The number of amides is 1. The summed E-state index contributed by atoms with van der Waals surface area (Å²) in [6, 6.07) is 6.57. The molecule has 1 N–H and O–H groups in total. The summed E-state index contributed by atoms with van der Waals surface area (Å²) in [5, 5.41) is 13.8. The van der Waals surface area contributed by atoms with Gasteiger partial charge in [0.1, 0.15) is 0 Å². The zero-order chi connectivity index (χ0) is 16.4. The van der Waals surface area contributed by atoms with E-state index in [0.29, 0.717) is 11.7 Å². The lowest BCUT2D eigenvalue weighted by Gasteiger charge is -2.28. The van der Waals surface area contributed by atoms with Crippen LogP contribution in [0.5, 0.6) is 0 Å². The maximum absolute atomic E-state index is 12.1. The smallest absolute Gasteiger partial charge is 0.269 e. The highest BCUT2D eigenvalue weighted by Gasteiger charge is 2.42. The Kier molecular flexibility index (Phi) is 4.90. The van der Waals surface area contributed by atoms with Gasteiger partial charge in [-0.2, -0.15) is 0 Å². The normalized spacial score (nSPS) is 26.9. The number of nitro groups is 1. The Balaban J connectivity index is 1.45. The molecule has 0 heterocycles. The highest BCUT2D eigenvalue weighted by atomic mass is 32.2. The number of carbonyl (C=O) groups excluding carboxylic acids is 1. The van der Waals surface area contributed by atoms with Crippen LogP contribution in [0.1, 0.15) is 32.6 Å². The second-order valence-corrected chi connectivity index (χ2v) is 7.78. The van der Waals surface area contributed by atoms with Crippen molar-refractivity contribution in [2.75, 3.05) is 5.75 Å². The number of hydrogen-bond donors (Lipinski definition) is 1. The fourth-order valence-corrected chi connectivity index (χ4v) is 4.83. The number of rotatable bonds is 6. The van der Waals surface area contributed by atoms with Crippen LogP contribution in [-0.4, -0.2) is 22.6 Å². The first kappa shape index (κ1) is 16.3. The van der Waals surface area contributed by atoms with Crippen molar-refractivity contribution in [3.8, 4) is 0 Å². The van der Waals surface area contributed by atoms with Crippen molar-refractivity contribution in [3.63, 3.8) is 0 Å². The van der Waals surface area contributed by atoms with E-state index < -0.39 is 4.92 Å². The zero-order valence-electron chi connectivity index (χ0n) is 13.2. The van der Waals surface area contributed by atoms with Crippen LogP contribution in [0.25, 0.3) is 0 Å². The topological polar surface area (TPSA) is 72.2 Å². The van der Waals surface area contributed by atoms with Crippen molar-refractivity contribution >= 4 is 23.4 Å². The minimum absolute atomic E-state index is 0.0450. The summed E-state index contributed by atoms with van der Waals surface area (Å²) in [4.78, 5) is 23.2. The summed E-state index contributed by atoms with van der Waals surface area (Å²) >= 11 is 1.41. The Morgan fingerprint density at radius 3 is 2.65 bits per heavy atom. The Labute approximate surface area is 140 Å². The Bertz CT molecular complexity index is 590. The molecule has 5 nitrogen and oxygen atoms in total. The molecule has 0 radical (unpaired) electrons. The highest BCUT2D eigenvalue weighted by Crippen LogP contribution is 2.49. The Hall–Kier alpha value is -1.56. The molecule has 1 aromatic carbocycles. The van der Waals surface area contributed by atoms with Crippen molar-refractivity contribution < 1.29 is 9.72 Å². The van der Waals surface area contributed by atoms with Gasteiger partial charge in [0.2, 0.25) is 5.91 Å². The van der Waals surface area contributed by atoms with Gasteiger partial charge < -0.3 is 5.32 Å². The van der Waals surface area contributed by atoms with Gasteiger partial charge >= 0.3 is 0 Å². The molecular formula is C17H22N2O3S. The quantitative estimate of drug-likeness (QED) is 0.490. The SMILES string of the molecule is C[C@H](NC(=O)CSc1ccc([N+](=O)[O-])cc1)[C@@H]1C[C@H]2CC[C@H]1C2. The van der Waals surface area contributed by atoms with Crippen LogP contribution in [0.15, 0.2) is 29.2 Å². The molecule has 0 unspecified atom stereocenters. The van der Waals surface area contributed by atoms with Crippen LogP contribution >= 0.6 is 11.8 Å². The molecule has 2 aliphatic rings. The summed E-state index contributed by atoms with van der Waals surface area (Å²) < 4.78 is 0. The van der Waals surface area contributed by atoms with Gasteiger partial charge in [-0.3, -0.25) is 14.9 Å². The maximum Gasteiger partial charge on any atom is 0.269 e. The lowest BCUT2D eigenvalue weighted by Crippen LogP contribution is -2.40. The third kappa shape index (κ3) is 3.86. The molecular weight excluding hydrogens is 312 g/mol. The van der Waals surface area contributed by atoms with E-state index in [4.69, 9.17) is 0 Å². The second kappa shape index (κ2) is 6.91. The van der Waals surface area contributed by atoms with E-state index >= 15 is 0 Å². The van der Waals surface area contributed by atoms with Crippen molar-refractivity contribution in [1.82, 2.24) is 5.32 Å². The van der Waals surface area contributed by atoms with Gasteiger partial charge in [-0.05, 0) is 56.1 Å². The van der Waals surface area contributed by atoms with Gasteiger partial charge in [0.15, 0.2) is 0 Å². The molecule has 2 aliphatic carbocycles. The van der Waals surface area contributed by atoms with Crippen LogP contribution < -0.4 is 5.32 Å². The van der Waals surface area contributed by atoms with Gasteiger partial charge in [0, 0.05) is 23.1 Å². The number of non-ortho nitro benzene ring substituents is 1. The minimum atomic E-state index is -0.419. The number of fused-ring (bicyclic) bond motifs is 2. The number of benzene rings is 1. The number of hydrogen-bond acceptors (Lipinski definition) is 4. The van der Waals surface area contributed by atoms with E-state index in [1.807, 2.05) is 0 Å². The molecule has 4 atom stereocenters. The van der Waals surface area contributed by atoms with Crippen LogP contribution in [-0.2, 0) is 4.79 Å². The fourth-order valence-electron chi connectivity index (χ4n) is 4.12. The Morgan fingerprint density at radius 2 is 2.09 bits per heavy atom. The molecule has 0 saturated heterocycles. The van der Waals surface area contributed by atoms with Crippen molar-refractivity contribution in [2.45, 2.75) is 43.5 Å². The number of thioether (sulfide) groups is 1. The minimum Gasteiger partial charge on any atom is -0.353 e. The average Bonchev–Trinajstić information content (AvgIpc) is 3.16. The molecule has 3 rings (SSSR count). The lowest BCUT2D eigenvalue weighted by molar-refractivity contribution is -0.384. The van der Waals surface area contributed by atoms with Crippen molar-refractivity contribution in [1.29, 1.82) is 0 Å². The number of carbonyl (C=O) groups is 1. The molecule has 0 aliphatic heterocycles. The summed E-state index contributed by atoms with van der Waals surface area (Å²) in [7, 11) is 0. The van der Waals surface area contributed by atoms with Gasteiger partial charge in [-0.15, -0.1) is 11.8 Å². The largest absolute Gasteiger partial charge is 0.353 e. The van der Waals surface area contributed by atoms with Gasteiger partial charge in [0.25, 0.3) is 5.69 Å². The van der Waals surface area contributed by atoms with Gasteiger partial charge in [-0.25, -0.2) is 0 Å². The molecule has 0 aromatic heterocycles. The van der Waals surface area contributed by atoms with Crippen LogP contribution in [0.4, 0.5) is 5.69 Å². The molecule has 23 heavy (non-hydrogen) atoms. The molecule has 2 saturated carbocycles. The predicted octanol–water partition coefficient (Wildman–Crippen LogP) is 3.63. The molecule has 0 spiro atoms. The highest BCUT2D eigenvalue weighted by molar-refractivity contribution is 8.00. The first-order valence-corrected chi connectivity index (χ1v) is 9.18. The summed E-state index contributed by atoms with van der Waals surface area (Å²) in [6.07, 6.45) is 5.31. The van der Waals surface area contributed by atoms with Crippen molar-refractivity contribution in [2.24, 2.45) is 17.8 Å². The first-order chi connectivity index (χ1) is 11.0. The standard InChI is InChI=1S/C17H22N2O3S/c1-11(16-9-12-2-3-13(16)8-12)18-17(20)10-23-15-6-4-14(5-7-15)19(21)22/h4-7,11-13,16H,2-3,8-10H2,1H3,(H,18,20)/t11-,12-,13-,16-/m0/s1. The number of nitrogens with one attached hydrogen (secondary N) is 1. The second-order valence-electron chi connectivity index (χ2n) is 6.73. The van der Waals surface area contributed by atoms with E-state index in [1.165, 1.54) is 49.6 Å². The molecule has 1 aromatic rings.